The molecule has 4 nitrogen and oxygen atoms in total. The molecule has 1 aliphatic carbocycles. The Morgan fingerprint density at radius 3 is 2.43 bits per heavy atom. The van der Waals surface area contributed by atoms with Gasteiger partial charge in [0.05, 0.1) is 5.41 Å². The van der Waals surface area contributed by atoms with Crippen molar-refractivity contribution in [2.75, 3.05) is 6.54 Å². The smallest absolute Gasteiger partial charge is 0.311 e. The maximum Gasteiger partial charge on any atom is 0.311 e. The third-order valence-corrected chi connectivity index (χ3v) is 4.37. The van der Waals surface area contributed by atoms with Crippen molar-refractivity contribution >= 4 is 18.0 Å². The van der Waals surface area contributed by atoms with Gasteiger partial charge in [0, 0.05) is 13.0 Å². The molecule has 5 heteroatoms. The number of aliphatic carboxylic acids is 1. The predicted molar refractivity (Wildman–Crippen MR) is 86.2 cm³/mol. The van der Waals surface area contributed by atoms with Crippen LogP contribution >= 0.6 is 0 Å². The summed E-state index contributed by atoms with van der Waals surface area (Å²) in [5.41, 5.74) is 0.00248. The monoisotopic (exact) mass is 319 g/mol. The average molecular weight is 319 g/mol. The lowest BCUT2D eigenvalue weighted by Crippen LogP contribution is -2.44. The van der Waals surface area contributed by atoms with Gasteiger partial charge in [0.25, 0.3) is 0 Å². The van der Waals surface area contributed by atoms with Crippen molar-refractivity contribution in [2.45, 2.75) is 38.5 Å². The number of hydrogen-bond donors (Lipinski definition) is 2. The fourth-order valence-electron chi connectivity index (χ4n) is 2.91. The van der Waals surface area contributed by atoms with Crippen LogP contribution < -0.4 is 5.32 Å². The molecule has 1 aromatic rings. The Balaban J connectivity index is 1.82. The van der Waals surface area contributed by atoms with Crippen molar-refractivity contribution in [3.63, 3.8) is 0 Å². The van der Waals surface area contributed by atoms with E-state index in [0.29, 0.717) is 12.8 Å². The van der Waals surface area contributed by atoms with E-state index in [4.69, 9.17) is 0 Å². The highest BCUT2D eigenvalue weighted by Gasteiger charge is 2.39. The molecular weight excluding hydrogens is 297 g/mol. The minimum atomic E-state index is -0.820. The van der Waals surface area contributed by atoms with Crippen LogP contribution in [0.15, 0.2) is 30.3 Å². The summed E-state index contributed by atoms with van der Waals surface area (Å²) in [5.74, 6) is -1.32. The van der Waals surface area contributed by atoms with Gasteiger partial charge < -0.3 is 10.4 Å². The SMILES string of the molecule is O=C(C/C=C/c1ccc(F)cc1)NCC1(C(=O)O)CCCCC1. The molecule has 1 fully saturated rings. The summed E-state index contributed by atoms with van der Waals surface area (Å²) >= 11 is 0. The Morgan fingerprint density at radius 1 is 1.17 bits per heavy atom. The summed E-state index contributed by atoms with van der Waals surface area (Å²) in [6, 6.07) is 5.98. The van der Waals surface area contributed by atoms with Crippen molar-refractivity contribution in [1.29, 1.82) is 0 Å². The van der Waals surface area contributed by atoms with Crippen LogP contribution in [-0.4, -0.2) is 23.5 Å². The van der Waals surface area contributed by atoms with Gasteiger partial charge in [0.1, 0.15) is 5.82 Å². The van der Waals surface area contributed by atoms with Gasteiger partial charge in [-0.3, -0.25) is 9.59 Å². The van der Waals surface area contributed by atoms with Crippen LogP contribution in [-0.2, 0) is 9.59 Å². The first kappa shape index (κ1) is 17.2. The maximum atomic E-state index is 12.8. The molecular formula is C18H22FNO3. The molecule has 0 saturated heterocycles. The Bertz CT molecular complexity index is 574. The van der Waals surface area contributed by atoms with E-state index in [2.05, 4.69) is 5.32 Å². The zero-order chi connectivity index (χ0) is 16.7. The highest BCUT2D eigenvalue weighted by molar-refractivity contribution is 5.80. The fraction of sp³-hybridized carbons (Fsp3) is 0.444. The Morgan fingerprint density at radius 2 is 1.83 bits per heavy atom. The van der Waals surface area contributed by atoms with Crippen LogP contribution in [0, 0.1) is 11.2 Å². The lowest BCUT2D eigenvalue weighted by Gasteiger charge is -2.33. The number of nitrogens with one attached hydrogen (secondary N) is 1. The van der Waals surface area contributed by atoms with Crippen molar-refractivity contribution in [3.8, 4) is 0 Å². The van der Waals surface area contributed by atoms with E-state index in [0.717, 1.165) is 24.8 Å². The summed E-state index contributed by atoms with van der Waals surface area (Å²) < 4.78 is 12.8. The third-order valence-electron chi connectivity index (χ3n) is 4.37. The molecule has 23 heavy (non-hydrogen) atoms. The second-order valence-corrected chi connectivity index (χ2v) is 6.08. The highest BCUT2D eigenvalue weighted by atomic mass is 19.1. The van der Waals surface area contributed by atoms with Gasteiger partial charge in [-0.1, -0.05) is 43.5 Å². The van der Waals surface area contributed by atoms with Crippen LogP contribution in [0.4, 0.5) is 4.39 Å². The molecule has 0 atom stereocenters. The molecule has 1 aromatic carbocycles. The minimum absolute atomic E-state index is 0.174. The van der Waals surface area contributed by atoms with E-state index < -0.39 is 11.4 Å². The standard InChI is InChI=1S/C18H22FNO3/c19-15-9-7-14(8-10-15)5-4-6-16(21)20-13-18(17(22)23)11-2-1-3-12-18/h4-5,7-10H,1-3,6,11-13H2,(H,20,21)(H,22,23)/b5-4+. The number of carbonyl (C=O) groups excluding carboxylic acids is 1. The largest absolute Gasteiger partial charge is 0.481 e. The van der Waals surface area contributed by atoms with Crippen LogP contribution in [0.5, 0.6) is 0 Å². The Labute approximate surface area is 135 Å². The molecule has 1 saturated carbocycles. The lowest BCUT2D eigenvalue weighted by molar-refractivity contribution is -0.151. The highest BCUT2D eigenvalue weighted by Crippen LogP contribution is 2.36. The Kier molecular flexibility index (Phi) is 5.90. The molecule has 124 valence electrons. The van der Waals surface area contributed by atoms with Crippen molar-refractivity contribution < 1.29 is 19.1 Å². The first-order valence-electron chi connectivity index (χ1n) is 7.94. The number of hydrogen-bond acceptors (Lipinski definition) is 2. The zero-order valence-corrected chi connectivity index (χ0v) is 13.1. The molecule has 0 radical (unpaired) electrons. The first-order chi connectivity index (χ1) is 11.0. The molecule has 0 aromatic heterocycles. The summed E-state index contributed by atoms with van der Waals surface area (Å²) in [6.45, 7) is 0.186. The molecule has 0 heterocycles. The number of carbonyl (C=O) groups is 2. The van der Waals surface area contributed by atoms with Gasteiger partial charge in [0.15, 0.2) is 0 Å². The average Bonchev–Trinajstić information content (AvgIpc) is 2.55. The number of amides is 1. The third kappa shape index (κ3) is 4.91. The fourth-order valence-corrected chi connectivity index (χ4v) is 2.91. The lowest BCUT2D eigenvalue weighted by atomic mass is 9.74. The summed E-state index contributed by atoms with van der Waals surface area (Å²) in [6.07, 6.45) is 7.70. The second kappa shape index (κ2) is 7.90. The van der Waals surface area contributed by atoms with Crippen LogP contribution in [0.3, 0.4) is 0 Å². The van der Waals surface area contributed by atoms with Crippen molar-refractivity contribution in [2.24, 2.45) is 5.41 Å². The normalized spacial score (nSPS) is 17.1. The van der Waals surface area contributed by atoms with Crippen LogP contribution in [0.25, 0.3) is 6.08 Å². The molecule has 1 aliphatic rings. The van der Waals surface area contributed by atoms with E-state index in [-0.39, 0.29) is 24.7 Å². The quantitative estimate of drug-likeness (QED) is 0.844. The number of halogens is 1. The molecule has 0 aliphatic heterocycles. The van der Waals surface area contributed by atoms with Gasteiger partial charge in [0.2, 0.25) is 5.91 Å². The van der Waals surface area contributed by atoms with Gasteiger partial charge in [-0.25, -0.2) is 4.39 Å². The number of rotatable bonds is 6. The van der Waals surface area contributed by atoms with Gasteiger partial charge in [-0.15, -0.1) is 0 Å². The van der Waals surface area contributed by atoms with Crippen LogP contribution in [0.1, 0.15) is 44.1 Å². The molecule has 0 spiro atoms. The minimum Gasteiger partial charge on any atom is -0.481 e. The molecule has 0 bridgehead atoms. The number of benzene rings is 1. The molecule has 2 rings (SSSR count). The van der Waals surface area contributed by atoms with Crippen molar-refractivity contribution in [1.82, 2.24) is 5.32 Å². The second-order valence-electron chi connectivity index (χ2n) is 6.08. The summed E-state index contributed by atoms with van der Waals surface area (Å²) in [7, 11) is 0. The molecule has 0 unspecified atom stereocenters. The zero-order valence-electron chi connectivity index (χ0n) is 13.1. The van der Waals surface area contributed by atoms with Crippen LogP contribution in [0.2, 0.25) is 0 Å². The molecule has 2 N–H and O–H groups in total. The van der Waals surface area contributed by atoms with Crippen molar-refractivity contribution in [3.05, 3.63) is 41.7 Å². The van der Waals surface area contributed by atoms with E-state index >= 15 is 0 Å². The van der Waals surface area contributed by atoms with E-state index in [1.54, 1.807) is 24.3 Å². The Hall–Kier alpha value is -2.17. The van der Waals surface area contributed by atoms with E-state index in [9.17, 15) is 19.1 Å². The summed E-state index contributed by atoms with van der Waals surface area (Å²) in [5, 5.41) is 12.2. The summed E-state index contributed by atoms with van der Waals surface area (Å²) in [4.78, 5) is 23.4. The first-order valence-corrected chi connectivity index (χ1v) is 7.94. The van der Waals surface area contributed by atoms with Gasteiger partial charge in [-0.2, -0.15) is 0 Å². The number of carboxylic acids is 1. The van der Waals surface area contributed by atoms with Gasteiger partial charge in [-0.05, 0) is 30.5 Å². The number of carboxylic acid groups (broad SMARTS) is 1. The molecule has 1 amide bonds. The predicted octanol–water partition coefficient (Wildman–Crippen LogP) is 3.38. The van der Waals surface area contributed by atoms with E-state index in [1.807, 2.05) is 0 Å². The topological polar surface area (TPSA) is 66.4 Å². The maximum absolute atomic E-state index is 12.8. The van der Waals surface area contributed by atoms with E-state index in [1.165, 1.54) is 12.1 Å². The van der Waals surface area contributed by atoms with Gasteiger partial charge >= 0.3 is 5.97 Å².